The fourth-order valence-electron chi connectivity index (χ4n) is 1.76. The molecule has 0 unspecified atom stereocenters. The Bertz CT molecular complexity index is 331. The first kappa shape index (κ1) is 12.1. The van der Waals surface area contributed by atoms with Crippen LogP contribution in [0.1, 0.15) is 30.5 Å². The molecule has 2 N–H and O–H groups in total. The van der Waals surface area contributed by atoms with Crippen LogP contribution >= 0.6 is 0 Å². The van der Waals surface area contributed by atoms with Gasteiger partial charge in [0.1, 0.15) is 5.75 Å². The van der Waals surface area contributed by atoms with E-state index in [1.165, 1.54) is 5.56 Å². The molecule has 0 spiro atoms. The van der Waals surface area contributed by atoms with Gasteiger partial charge in [0.05, 0.1) is 0 Å². The van der Waals surface area contributed by atoms with Gasteiger partial charge in [-0.05, 0) is 42.4 Å². The summed E-state index contributed by atoms with van der Waals surface area (Å²) in [4.78, 5) is 0. The van der Waals surface area contributed by atoms with Crippen molar-refractivity contribution in [2.24, 2.45) is 5.41 Å². The minimum atomic E-state index is -0.101. The van der Waals surface area contributed by atoms with Crippen molar-refractivity contribution in [3.8, 4) is 5.75 Å². The molecule has 2 heteroatoms. The van der Waals surface area contributed by atoms with E-state index < -0.39 is 0 Å². The van der Waals surface area contributed by atoms with Gasteiger partial charge < -0.3 is 10.2 Å². The van der Waals surface area contributed by atoms with Gasteiger partial charge in [0.25, 0.3) is 0 Å². The zero-order chi connectivity index (χ0) is 11.6. The lowest BCUT2D eigenvalue weighted by Crippen LogP contribution is -2.19. The molecule has 0 aliphatic heterocycles. The molecule has 0 aliphatic carbocycles. The van der Waals surface area contributed by atoms with Crippen LogP contribution in [0.15, 0.2) is 12.1 Å². The van der Waals surface area contributed by atoms with Gasteiger partial charge in [-0.1, -0.05) is 26.0 Å². The fraction of sp³-hybridized carbons (Fsp3) is 0.538. The van der Waals surface area contributed by atoms with Crippen LogP contribution in [0.3, 0.4) is 0 Å². The largest absolute Gasteiger partial charge is 0.507 e. The summed E-state index contributed by atoms with van der Waals surface area (Å²) in [6.45, 7) is 8.04. The molecular weight excluding hydrogens is 188 g/mol. The van der Waals surface area contributed by atoms with Gasteiger partial charge in [-0.15, -0.1) is 0 Å². The molecule has 0 saturated heterocycles. The van der Waals surface area contributed by atoms with Crippen LogP contribution in [-0.2, 0) is 6.42 Å². The number of phenolic OH excluding ortho intramolecular Hbond substituents is 1. The van der Waals surface area contributed by atoms with Crippen LogP contribution in [-0.4, -0.2) is 16.8 Å². The van der Waals surface area contributed by atoms with Gasteiger partial charge in [-0.3, -0.25) is 0 Å². The van der Waals surface area contributed by atoms with E-state index in [4.69, 9.17) is 0 Å². The zero-order valence-electron chi connectivity index (χ0n) is 9.96. The van der Waals surface area contributed by atoms with Gasteiger partial charge in [0, 0.05) is 6.61 Å². The molecule has 2 nitrogen and oxygen atoms in total. The Hall–Kier alpha value is -1.02. The number of aliphatic hydroxyl groups is 1. The highest BCUT2D eigenvalue weighted by Crippen LogP contribution is 2.27. The average Bonchev–Trinajstić information content (AvgIpc) is 2.13. The Balaban J connectivity index is 2.98. The normalized spacial score (nSPS) is 11.8. The predicted molar refractivity (Wildman–Crippen MR) is 62.2 cm³/mol. The maximum atomic E-state index is 9.64. The first-order chi connectivity index (χ1) is 6.85. The van der Waals surface area contributed by atoms with E-state index in [-0.39, 0.29) is 12.0 Å². The van der Waals surface area contributed by atoms with E-state index in [0.717, 1.165) is 17.5 Å². The highest BCUT2D eigenvalue weighted by Gasteiger charge is 2.17. The molecule has 0 heterocycles. The quantitative estimate of drug-likeness (QED) is 0.801. The molecular formula is C13H20O2. The third-order valence-corrected chi connectivity index (χ3v) is 2.66. The Labute approximate surface area is 91.6 Å². The van der Waals surface area contributed by atoms with E-state index in [2.05, 4.69) is 0 Å². The van der Waals surface area contributed by atoms with E-state index in [9.17, 15) is 10.2 Å². The second-order valence-electron chi connectivity index (χ2n) is 5.08. The molecule has 0 radical (unpaired) electrons. The summed E-state index contributed by atoms with van der Waals surface area (Å²) in [7, 11) is 0. The molecule has 1 rings (SSSR count). The average molecular weight is 208 g/mol. The fourth-order valence-corrected chi connectivity index (χ4v) is 1.76. The van der Waals surface area contributed by atoms with E-state index in [1.54, 1.807) is 0 Å². The predicted octanol–water partition coefficient (Wildman–Crippen LogP) is 2.57. The van der Waals surface area contributed by atoms with Crippen molar-refractivity contribution < 1.29 is 10.2 Å². The summed E-state index contributed by atoms with van der Waals surface area (Å²) in [5.74, 6) is 0.376. The number of hydrogen-bond acceptors (Lipinski definition) is 2. The van der Waals surface area contributed by atoms with Gasteiger partial charge in [0.15, 0.2) is 0 Å². The number of aromatic hydroxyl groups is 1. The van der Waals surface area contributed by atoms with Crippen molar-refractivity contribution >= 4 is 0 Å². The van der Waals surface area contributed by atoms with Gasteiger partial charge in [-0.25, -0.2) is 0 Å². The Kier molecular flexibility index (Phi) is 3.40. The van der Waals surface area contributed by atoms with Crippen molar-refractivity contribution in [3.63, 3.8) is 0 Å². The van der Waals surface area contributed by atoms with Crippen LogP contribution in [0.2, 0.25) is 0 Å². The monoisotopic (exact) mass is 208 g/mol. The van der Waals surface area contributed by atoms with Crippen LogP contribution < -0.4 is 0 Å². The minimum Gasteiger partial charge on any atom is -0.507 e. The van der Waals surface area contributed by atoms with Crippen molar-refractivity contribution in [2.45, 2.75) is 34.1 Å². The topological polar surface area (TPSA) is 40.5 Å². The van der Waals surface area contributed by atoms with Crippen molar-refractivity contribution in [3.05, 3.63) is 28.8 Å². The van der Waals surface area contributed by atoms with Crippen molar-refractivity contribution in [1.82, 2.24) is 0 Å². The van der Waals surface area contributed by atoms with Gasteiger partial charge in [-0.2, -0.15) is 0 Å². The standard InChI is InChI=1S/C13H20O2/c1-9-5-11(6-10(2)12(9)15)7-13(3,4)8-14/h5-6,14-15H,7-8H2,1-4H3. The molecule has 0 atom stereocenters. The third kappa shape index (κ3) is 2.96. The van der Waals surface area contributed by atoms with Gasteiger partial charge in [0.2, 0.25) is 0 Å². The summed E-state index contributed by atoms with van der Waals surface area (Å²) in [5.41, 5.74) is 2.87. The van der Waals surface area contributed by atoms with Crippen LogP contribution in [0, 0.1) is 19.3 Å². The maximum absolute atomic E-state index is 9.64. The second kappa shape index (κ2) is 4.23. The third-order valence-electron chi connectivity index (χ3n) is 2.66. The summed E-state index contributed by atoms with van der Waals surface area (Å²) >= 11 is 0. The highest BCUT2D eigenvalue weighted by atomic mass is 16.3. The molecule has 0 bridgehead atoms. The van der Waals surface area contributed by atoms with E-state index in [1.807, 2.05) is 39.8 Å². The van der Waals surface area contributed by atoms with Crippen LogP contribution in [0.25, 0.3) is 0 Å². The smallest absolute Gasteiger partial charge is 0.121 e. The Morgan fingerprint density at radius 2 is 1.60 bits per heavy atom. The zero-order valence-corrected chi connectivity index (χ0v) is 9.96. The number of aliphatic hydroxyl groups excluding tert-OH is 1. The summed E-state index contributed by atoms with van der Waals surface area (Å²) in [6, 6.07) is 3.97. The molecule has 84 valence electrons. The molecule has 0 amide bonds. The Morgan fingerprint density at radius 1 is 1.13 bits per heavy atom. The number of hydrogen-bond donors (Lipinski definition) is 2. The van der Waals surface area contributed by atoms with Crippen LogP contribution in [0.5, 0.6) is 5.75 Å². The highest BCUT2D eigenvalue weighted by molar-refractivity contribution is 5.42. The maximum Gasteiger partial charge on any atom is 0.121 e. The first-order valence-electron chi connectivity index (χ1n) is 5.26. The lowest BCUT2D eigenvalue weighted by atomic mass is 9.86. The SMILES string of the molecule is Cc1cc(CC(C)(C)CO)cc(C)c1O. The molecule has 0 aromatic heterocycles. The number of aryl methyl sites for hydroxylation is 2. The number of rotatable bonds is 3. The Morgan fingerprint density at radius 3 is 2.00 bits per heavy atom. The molecule has 0 aliphatic rings. The minimum absolute atomic E-state index is 0.101. The van der Waals surface area contributed by atoms with E-state index >= 15 is 0 Å². The molecule has 0 fully saturated rings. The summed E-state index contributed by atoms with van der Waals surface area (Å²) in [5, 5.41) is 18.8. The first-order valence-corrected chi connectivity index (χ1v) is 5.26. The number of phenols is 1. The van der Waals surface area contributed by atoms with E-state index in [0.29, 0.717) is 5.75 Å². The second-order valence-corrected chi connectivity index (χ2v) is 5.08. The lowest BCUT2D eigenvalue weighted by Gasteiger charge is -2.22. The summed E-state index contributed by atoms with van der Waals surface area (Å²) < 4.78 is 0. The van der Waals surface area contributed by atoms with Crippen molar-refractivity contribution in [2.75, 3.05) is 6.61 Å². The van der Waals surface area contributed by atoms with Crippen LogP contribution in [0.4, 0.5) is 0 Å². The summed E-state index contributed by atoms with van der Waals surface area (Å²) in [6.07, 6.45) is 0.825. The molecule has 15 heavy (non-hydrogen) atoms. The molecule has 1 aromatic carbocycles. The molecule has 1 aromatic rings. The van der Waals surface area contributed by atoms with Crippen molar-refractivity contribution in [1.29, 1.82) is 0 Å². The lowest BCUT2D eigenvalue weighted by molar-refractivity contribution is 0.159. The number of benzene rings is 1. The molecule has 0 saturated carbocycles. The van der Waals surface area contributed by atoms with Gasteiger partial charge >= 0.3 is 0 Å².